The number of phenols is 1. The number of ether oxygens (including phenoxy) is 1. The lowest BCUT2D eigenvalue weighted by Crippen LogP contribution is -2.33. The summed E-state index contributed by atoms with van der Waals surface area (Å²) >= 11 is 0. The van der Waals surface area contributed by atoms with Crippen molar-refractivity contribution in [1.29, 1.82) is 0 Å². The molecule has 4 aromatic rings. The van der Waals surface area contributed by atoms with Gasteiger partial charge in [0.2, 0.25) is 5.52 Å². The molecule has 1 N–H and O–H groups in total. The molecule has 0 atom stereocenters. The largest absolute Gasteiger partial charge is 1.00 e. The van der Waals surface area contributed by atoms with Crippen molar-refractivity contribution in [1.82, 2.24) is 0 Å². The number of hydrogen-bond acceptors (Lipinski definition) is 6. The van der Waals surface area contributed by atoms with Gasteiger partial charge in [-0.1, -0.05) is 24.3 Å². The van der Waals surface area contributed by atoms with E-state index in [0.717, 1.165) is 22.7 Å². The summed E-state index contributed by atoms with van der Waals surface area (Å²) in [6.07, 6.45) is 2.02. The standard InChI is InChI=1S/C20H17NO2.H2O4S/c1-3-21-12-17-15(10-11-18(23-2)20(17)22)16-9-8-13-6-4-5-7-14(13)19(16)21;1-5(2,3)4/h4-12H,3H2,1-2H3;(H2,1,2,3,4). The first-order valence-electron chi connectivity index (χ1n) is 8.45. The Hall–Kier alpha value is -2.94. The molecule has 0 fully saturated rings. The SMILES string of the molecule is CC[n+]1cc2c(O)c(OC)ccc2c2ccc3ccccc3c21.O=S(=O)([O-])[O-].[H+]. The first-order chi connectivity index (χ1) is 13.2. The van der Waals surface area contributed by atoms with Crippen LogP contribution >= 0.6 is 0 Å². The lowest BCUT2D eigenvalue weighted by atomic mass is 10.0. The maximum absolute atomic E-state index is 10.5. The first-order valence-corrected chi connectivity index (χ1v) is 9.78. The highest BCUT2D eigenvalue weighted by Gasteiger charge is 2.18. The van der Waals surface area contributed by atoms with E-state index in [0.29, 0.717) is 5.75 Å². The third kappa shape index (κ3) is 3.84. The number of hydrogen-bond donors (Lipinski definition) is 1. The summed E-state index contributed by atoms with van der Waals surface area (Å²) in [5, 5.41) is 15.9. The smallest absolute Gasteiger partial charge is 0.759 e. The van der Waals surface area contributed by atoms with Crippen LogP contribution in [0, 0.1) is 0 Å². The van der Waals surface area contributed by atoms with Crippen LogP contribution in [0.4, 0.5) is 0 Å². The molecule has 0 radical (unpaired) electrons. The molecule has 3 aromatic carbocycles. The molecule has 28 heavy (non-hydrogen) atoms. The lowest BCUT2D eigenvalue weighted by Gasteiger charge is -2.10. The Labute approximate surface area is 163 Å². The van der Waals surface area contributed by atoms with Crippen molar-refractivity contribution in [2.24, 2.45) is 0 Å². The second kappa shape index (κ2) is 7.59. The Balaban J connectivity index is 0.000000450. The number of aromatic hydroxyl groups is 1. The molecule has 0 saturated heterocycles. The van der Waals surface area contributed by atoms with Gasteiger partial charge in [-0.25, -0.2) is 0 Å². The molecule has 4 rings (SSSR count). The Kier molecular flexibility index (Phi) is 5.37. The van der Waals surface area contributed by atoms with Crippen LogP contribution < -0.4 is 9.30 Å². The number of nitrogens with zero attached hydrogens (tertiary/aromatic N) is 1. The quantitative estimate of drug-likeness (QED) is 0.239. The van der Waals surface area contributed by atoms with Crippen molar-refractivity contribution in [2.75, 3.05) is 7.11 Å². The minimum Gasteiger partial charge on any atom is -0.759 e. The fraction of sp³-hybridized carbons (Fsp3) is 0.150. The van der Waals surface area contributed by atoms with Gasteiger partial charge >= 0.3 is 1.43 Å². The molecule has 0 unspecified atom stereocenters. The fourth-order valence-corrected chi connectivity index (χ4v) is 3.37. The second-order valence-corrected chi connectivity index (χ2v) is 6.90. The summed E-state index contributed by atoms with van der Waals surface area (Å²) in [5.74, 6) is 0.697. The zero-order valence-corrected chi connectivity index (χ0v) is 16.1. The molecule has 0 aliphatic carbocycles. The maximum atomic E-state index is 10.5. The highest BCUT2D eigenvalue weighted by atomic mass is 32.3. The van der Waals surface area contributed by atoms with Gasteiger partial charge in [-0.3, -0.25) is 8.42 Å². The van der Waals surface area contributed by atoms with Crippen LogP contribution in [-0.4, -0.2) is 29.7 Å². The van der Waals surface area contributed by atoms with E-state index in [4.69, 9.17) is 22.3 Å². The summed E-state index contributed by atoms with van der Waals surface area (Å²) in [5.41, 5.74) is 1.20. The lowest BCUT2D eigenvalue weighted by molar-refractivity contribution is -0.665. The first kappa shape index (κ1) is 19.8. The molecule has 0 aliphatic rings. The molecule has 8 heteroatoms. The minimum absolute atomic E-state index is 0. The highest BCUT2D eigenvalue weighted by Crippen LogP contribution is 2.37. The molecule has 146 valence electrons. The Morgan fingerprint density at radius 2 is 1.64 bits per heavy atom. The molecule has 0 saturated carbocycles. The van der Waals surface area contributed by atoms with E-state index in [9.17, 15) is 5.11 Å². The number of aryl methyl sites for hydroxylation is 1. The molecule has 1 aromatic heterocycles. The van der Waals surface area contributed by atoms with Crippen molar-refractivity contribution < 1.29 is 33.4 Å². The topological polar surface area (TPSA) is 114 Å². The molecule has 0 amide bonds. The number of pyridine rings is 1. The Morgan fingerprint density at radius 1 is 1.00 bits per heavy atom. The summed E-state index contributed by atoms with van der Waals surface area (Å²) in [6, 6.07) is 16.5. The van der Waals surface area contributed by atoms with Crippen molar-refractivity contribution in [3.05, 3.63) is 54.7 Å². The van der Waals surface area contributed by atoms with Gasteiger partial charge in [0.25, 0.3) is 0 Å². The number of aromatic nitrogens is 1. The van der Waals surface area contributed by atoms with Gasteiger partial charge in [0.15, 0.2) is 17.7 Å². The van der Waals surface area contributed by atoms with E-state index in [2.05, 4.69) is 47.9 Å². The zero-order valence-electron chi connectivity index (χ0n) is 16.2. The maximum Gasteiger partial charge on any atom is 1.00 e. The van der Waals surface area contributed by atoms with Crippen LogP contribution in [0.1, 0.15) is 8.35 Å². The summed E-state index contributed by atoms with van der Waals surface area (Å²) in [7, 11) is -3.59. The monoisotopic (exact) mass is 401 g/mol. The van der Waals surface area contributed by atoms with E-state index >= 15 is 0 Å². The van der Waals surface area contributed by atoms with Crippen LogP contribution in [-0.2, 0) is 16.9 Å². The van der Waals surface area contributed by atoms with Crippen LogP contribution in [0.15, 0.2) is 54.7 Å². The number of rotatable bonds is 2. The van der Waals surface area contributed by atoms with Gasteiger partial charge in [-0.2, -0.15) is 4.57 Å². The van der Waals surface area contributed by atoms with Gasteiger partial charge in [0.1, 0.15) is 6.54 Å². The van der Waals surface area contributed by atoms with Crippen molar-refractivity contribution >= 4 is 42.8 Å². The van der Waals surface area contributed by atoms with E-state index in [-0.39, 0.29) is 7.18 Å². The third-order valence-electron chi connectivity index (χ3n) is 4.50. The van der Waals surface area contributed by atoms with Crippen LogP contribution in [0.5, 0.6) is 11.5 Å². The van der Waals surface area contributed by atoms with Crippen molar-refractivity contribution in [2.45, 2.75) is 13.5 Å². The van der Waals surface area contributed by atoms with Crippen LogP contribution in [0.2, 0.25) is 0 Å². The van der Waals surface area contributed by atoms with Gasteiger partial charge in [0, 0.05) is 15.8 Å². The third-order valence-corrected chi connectivity index (χ3v) is 4.50. The number of phenolic OH excluding ortho intramolecular Hbond substituents is 1. The molecular weight excluding hydrogens is 382 g/mol. The average molecular weight is 401 g/mol. The molecule has 7 nitrogen and oxygen atoms in total. The van der Waals surface area contributed by atoms with Gasteiger partial charge in [0.05, 0.1) is 23.3 Å². The van der Waals surface area contributed by atoms with Crippen molar-refractivity contribution in [3.8, 4) is 11.5 Å². The number of methoxy groups -OCH3 is 1. The van der Waals surface area contributed by atoms with E-state index in [1.807, 2.05) is 18.3 Å². The normalized spacial score (nSPS) is 11.4. The number of benzene rings is 3. The molecular formula is C20H19NO6S. The molecule has 0 aliphatic heterocycles. The van der Waals surface area contributed by atoms with Gasteiger partial charge in [-0.05, 0) is 36.6 Å². The molecule has 0 bridgehead atoms. The predicted molar refractivity (Wildman–Crippen MR) is 105 cm³/mol. The Bertz CT molecular complexity index is 1280. The zero-order chi connectivity index (χ0) is 20.5. The molecule has 0 spiro atoms. The highest BCUT2D eigenvalue weighted by molar-refractivity contribution is 7.79. The van der Waals surface area contributed by atoms with Crippen LogP contribution in [0.3, 0.4) is 0 Å². The van der Waals surface area contributed by atoms with E-state index in [1.54, 1.807) is 7.11 Å². The molecule has 1 heterocycles. The summed E-state index contributed by atoms with van der Waals surface area (Å²) < 4.78 is 41.5. The minimum atomic E-state index is -5.17. The van der Waals surface area contributed by atoms with Crippen molar-refractivity contribution in [3.63, 3.8) is 0 Å². The average Bonchev–Trinajstić information content (AvgIpc) is 2.66. The summed E-state index contributed by atoms with van der Waals surface area (Å²) in [4.78, 5) is 0. The fourth-order valence-electron chi connectivity index (χ4n) is 3.37. The van der Waals surface area contributed by atoms with Gasteiger partial charge in [-0.15, -0.1) is 0 Å². The van der Waals surface area contributed by atoms with E-state index < -0.39 is 10.4 Å². The predicted octanol–water partition coefficient (Wildman–Crippen LogP) is 2.94. The number of fused-ring (bicyclic) bond motifs is 5. The second-order valence-electron chi connectivity index (χ2n) is 6.08. The van der Waals surface area contributed by atoms with Gasteiger partial charge < -0.3 is 18.9 Å². The van der Waals surface area contributed by atoms with Crippen LogP contribution in [0.25, 0.3) is 32.4 Å². The summed E-state index contributed by atoms with van der Waals surface area (Å²) in [6.45, 7) is 2.95. The Morgan fingerprint density at radius 3 is 2.29 bits per heavy atom. The van der Waals surface area contributed by atoms with E-state index in [1.165, 1.54) is 16.3 Å².